The third kappa shape index (κ3) is 3.21. The highest BCUT2D eigenvalue weighted by molar-refractivity contribution is 5.78. The smallest absolute Gasteiger partial charge is 0.110 e. The van der Waals surface area contributed by atoms with Gasteiger partial charge in [0.25, 0.3) is 0 Å². The predicted molar refractivity (Wildman–Crippen MR) is 86.0 cm³/mol. The lowest BCUT2D eigenvalue weighted by molar-refractivity contribution is 0.556. The molecule has 2 aromatic rings. The summed E-state index contributed by atoms with van der Waals surface area (Å²) in [5, 5.41) is 0. The summed E-state index contributed by atoms with van der Waals surface area (Å²) < 4.78 is 2.40. The molecule has 0 fully saturated rings. The number of aromatic nitrogens is 2. The Morgan fingerprint density at radius 2 is 1.85 bits per heavy atom. The van der Waals surface area contributed by atoms with E-state index < -0.39 is 0 Å². The van der Waals surface area contributed by atoms with Gasteiger partial charge in [0.15, 0.2) is 0 Å². The Hall–Kier alpha value is -1.35. The lowest BCUT2D eigenvalue weighted by atomic mass is 10.1. The van der Waals surface area contributed by atoms with Gasteiger partial charge >= 0.3 is 0 Å². The molecule has 0 bridgehead atoms. The maximum absolute atomic E-state index is 5.62. The van der Waals surface area contributed by atoms with E-state index in [0.717, 1.165) is 37.9 Å². The van der Waals surface area contributed by atoms with Crippen LogP contribution in [0.5, 0.6) is 0 Å². The number of rotatable bonds is 6. The molecule has 0 aliphatic heterocycles. The number of hydrogen-bond acceptors (Lipinski definition) is 2. The van der Waals surface area contributed by atoms with Crippen LogP contribution >= 0.6 is 0 Å². The number of aryl methyl sites for hydroxylation is 3. The molecule has 3 nitrogen and oxygen atoms in total. The molecule has 1 aromatic carbocycles. The first-order valence-corrected chi connectivity index (χ1v) is 7.69. The van der Waals surface area contributed by atoms with Crippen molar-refractivity contribution in [3.05, 3.63) is 29.1 Å². The van der Waals surface area contributed by atoms with Crippen molar-refractivity contribution >= 4 is 11.0 Å². The highest BCUT2D eigenvalue weighted by Gasteiger charge is 2.12. The van der Waals surface area contributed by atoms with E-state index in [-0.39, 0.29) is 0 Å². The quantitative estimate of drug-likeness (QED) is 0.817. The van der Waals surface area contributed by atoms with Crippen LogP contribution in [0.3, 0.4) is 0 Å². The molecule has 0 saturated heterocycles. The van der Waals surface area contributed by atoms with E-state index in [1.807, 2.05) is 0 Å². The van der Waals surface area contributed by atoms with Crippen LogP contribution in [0.2, 0.25) is 0 Å². The van der Waals surface area contributed by atoms with Crippen LogP contribution in [0.25, 0.3) is 11.0 Å². The number of nitrogens with zero attached hydrogens (tertiary/aromatic N) is 2. The maximum Gasteiger partial charge on any atom is 0.110 e. The summed E-state index contributed by atoms with van der Waals surface area (Å²) in [7, 11) is 0. The first kappa shape index (κ1) is 15.0. The summed E-state index contributed by atoms with van der Waals surface area (Å²) in [5.74, 6) is 1.85. The Labute approximate surface area is 122 Å². The van der Waals surface area contributed by atoms with Crippen molar-refractivity contribution in [1.29, 1.82) is 0 Å². The van der Waals surface area contributed by atoms with Crippen molar-refractivity contribution in [2.45, 2.75) is 53.5 Å². The molecule has 0 aliphatic carbocycles. The SMILES string of the molecule is Cc1cc2nc(CC(C)C)n(CCCCN)c2cc1C. The standard InChI is InChI=1S/C17H27N3/c1-12(2)9-17-19-15-10-13(3)14(4)11-16(15)20(17)8-6-5-7-18/h10-12H,5-9,18H2,1-4H3. The fraction of sp³-hybridized carbons (Fsp3) is 0.588. The molecule has 1 aromatic heterocycles. The largest absolute Gasteiger partial charge is 0.330 e. The summed E-state index contributed by atoms with van der Waals surface area (Å²) in [4.78, 5) is 4.87. The van der Waals surface area contributed by atoms with Crippen molar-refractivity contribution < 1.29 is 0 Å². The topological polar surface area (TPSA) is 43.8 Å². The summed E-state index contributed by atoms with van der Waals surface area (Å²) in [5.41, 5.74) is 10.7. The van der Waals surface area contributed by atoms with E-state index in [1.54, 1.807) is 0 Å². The molecular formula is C17H27N3. The van der Waals surface area contributed by atoms with Crippen molar-refractivity contribution in [1.82, 2.24) is 9.55 Å². The number of fused-ring (bicyclic) bond motifs is 1. The predicted octanol–water partition coefficient (Wildman–Crippen LogP) is 3.59. The lowest BCUT2D eigenvalue weighted by Gasteiger charge is -2.11. The molecule has 0 unspecified atom stereocenters. The van der Waals surface area contributed by atoms with Crippen LogP contribution in [0.4, 0.5) is 0 Å². The van der Waals surface area contributed by atoms with Crippen LogP contribution in [-0.4, -0.2) is 16.1 Å². The van der Waals surface area contributed by atoms with E-state index in [4.69, 9.17) is 10.7 Å². The molecule has 0 aliphatic rings. The van der Waals surface area contributed by atoms with E-state index in [9.17, 15) is 0 Å². The third-order valence-electron chi connectivity index (χ3n) is 3.87. The van der Waals surface area contributed by atoms with Crippen LogP contribution < -0.4 is 5.73 Å². The average molecular weight is 273 g/mol. The molecule has 0 spiro atoms. The van der Waals surface area contributed by atoms with Gasteiger partial charge in [0.1, 0.15) is 5.82 Å². The van der Waals surface area contributed by atoms with Crippen molar-refractivity contribution in [3.8, 4) is 0 Å². The molecule has 20 heavy (non-hydrogen) atoms. The van der Waals surface area contributed by atoms with Crippen molar-refractivity contribution in [2.75, 3.05) is 6.54 Å². The molecule has 0 radical (unpaired) electrons. The van der Waals surface area contributed by atoms with Crippen LogP contribution in [0, 0.1) is 19.8 Å². The number of imidazole rings is 1. The van der Waals surface area contributed by atoms with Gasteiger partial charge in [-0.05, 0) is 62.4 Å². The van der Waals surface area contributed by atoms with Gasteiger partial charge in [0, 0.05) is 13.0 Å². The highest BCUT2D eigenvalue weighted by atomic mass is 15.1. The monoisotopic (exact) mass is 273 g/mol. The molecule has 2 rings (SSSR count). The van der Waals surface area contributed by atoms with Crippen LogP contribution in [0.15, 0.2) is 12.1 Å². The molecular weight excluding hydrogens is 246 g/mol. The van der Waals surface area contributed by atoms with Crippen molar-refractivity contribution in [2.24, 2.45) is 11.7 Å². The number of benzene rings is 1. The summed E-state index contributed by atoms with van der Waals surface area (Å²) >= 11 is 0. The number of hydrogen-bond donors (Lipinski definition) is 1. The molecule has 0 atom stereocenters. The summed E-state index contributed by atoms with van der Waals surface area (Å²) in [6.45, 7) is 10.6. The Morgan fingerprint density at radius 1 is 1.15 bits per heavy atom. The van der Waals surface area contributed by atoms with E-state index in [2.05, 4.69) is 44.4 Å². The number of nitrogens with two attached hydrogens (primary N) is 1. The van der Waals surface area contributed by atoms with Gasteiger partial charge < -0.3 is 10.3 Å². The van der Waals surface area contributed by atoms with Gasteiger partial charge in [-0.15, -0.1) is 0 Å². The Balaban J connectivity index is 2.44. The zero-order valence-electron chi connectivity index (χ0n) is 13.2. The zero-order valence-corrected chi connectivity index (χ0v) is 13.2. The second-order valence-corrected chi connectivity index (χ2v) is 6.20. The second-order valence-electron chi connectivity index (χ2n) is 6.20. The third-order valence-corrected chi connectivity index (χ3v) is 3.87. The normalized spacial score (nSPS) is 11.7. The summed E-state index contributed by atoms with van der Waals surface area (Å²) in [6, 6.07) is 4.50. The molecule has 0 saturated carbocycles. The fourth-order valence-corrected chi connectivity index (χ4v) is 2.61. The lowest BCUT2D eigenvalue weighted by Crippen LogP contribution is -2.09. The van der Waals surface area contributed by atoms with Gasteiger partial charge in [0.05, 0.1) is 11.0 Å². The minimum atomic E-state index is 0.627. The van der Waals surface area contributed by atoms with Gasteiger partial charge in [-0.25, -0.2) is 4.98 Å². The maximum atomic E-state index is 5.62. The molecule has 1 heterocycles. The van der Waals surface area contributed by atoms with Crippen LogP contribution in [-0.2, 0) is 13.0 Å². The van der Waals surface area contributed by atoms with Gasteiger partial charge in [-0.1, -0.05) is 13.8 Å². The molecule has 2 N–H and O–H groups in total. The van der Waals surface area contributed by atoms with Crippen LogP contribution in [0.1, 0.15) is 43.6 Å². The average Bonchev–Trinajstić information content (AvgIpc) is 2.67. The molecule has 110 valence electrons. The van der Waals surface area contributed by atoms with Gasteiger partial charge in [0.2, 0.25) is 0 Å². The first-order valence-electron chi connectivity index (χ1n) is 7.69. The first-order chi connectivity index (χ1) is 9.52. The Morgan fingerprint density at radius 3 is 2.50 bits per heavy atom. The van der Waals surface area contributed by atoms with Gasteiger partial charge in [-0.2, -0.15) is 0 Å². The zero-order chi connectivity index (χ0) is 14.7. The van der Waals surface area contributed by atoms with E-state index >= 15 is 0 Å². The van der Waals surface area contributed by atoms with E-state index in [1.165, 1.54) is 22.5 Å². The van der Waals surface area contributed by atoms with E-state index in [0.29, 0.717) is 5.92 Å². The highest BCUT2D eigenvalue weighted by Crippen LogP contribution is 2.23. The number of unbranched alkanes of at least 4 members (excludes halogenated alkanes) is 1. The summed E-state index contributed by atoms with van der Waals surface area (Å²) in [6.07, 6.45) is 3.24. The van der Waals surface area contributed by atoms with Crippen molar-refractivity contribution in [3.63, 3.8) is 0 Å². The Kier molecular flexibility index (Phi) is 4.81. The van der Waals surface area contributed by atoms with Gasteiger partial charge in [-0.3, -0.25) is 0 Å². The molecule has 3 heteroatoms. The Bertz CT molecular complexity index is 581. The fourth-order valence-electron chi connectivity index (χ4n) is 2.61. The second kappa shape index (κ2) is 6.40. The minimum absolute atomic E-state index is 0.627. The minimum Gasteiger partial charge on any atom is -0.330 e. The molecule has 0 amide bonds.